The molecule has 0 amide bonds. The molecule has 4 nitrogen and oxygen atoms in total. The molecule has 8 rings (SSSR count). The van der Waals surface area contributed by atoms with Gasteiger partial charge < -0.3 is 18.9 Å². The third-order valence-electron chi connectivity index (χ3n) is 13.9. The fraction of sp³-hybridized carbons (Fsp3) is 0.186. The van der Waals surface area contributed by atoms with Crippen LogP contribution in [0.15, 0.2) is 97.1 Å². The van der Waals surface area contributed by atoms with Gasteiger partial charge in [-0.2, -0.15) is 43.9 Å². The van der Waals surface area contributed by atoms with Crippen molar-refractivity contribution in [2.45, 2.75) is 69.5 Å². The maximum Gasteiger partial charge on any atom is 0.411 e. The molecule has 8 aromatic carbocycles. The lowest BCUT2D eigenvalue weighted by Gasteiger charge is -2.38. The van der Waals surface area contributed by atoms with Crippen molar-refractivity contribution in [2.75, 3.05) is 0 Å². The average Bonchev–Trinajstić information content (AvgIpc) is 0.768. The molecule has 0 fully saturated rings. The molecule has 87 heavy (non-hydrogen) atoms. The van der Waals surface area contributed by atoms with Gasteiger partial charge in [0.15, 0.2) is 69.8 Å². The monoisotopic (exact) mass is 1290 g/mol. The minimum absolute atomic E-state index is 0.00420. The Balaban J connectivity index is 1.10. The molecule has 0 aliphatic carbocycles. The van der Waals surface area contributed by atoms with Crippen molar-refractivity contribution in [2.24, 2.45) is 0 Å². The van der Waals surface area contributed by atoms with Crippen molar-refractivity contribution in [1.82, 2.24) is 0 Å². The van der Waals surface area contributed by atoms with E-state index in [1.165, 1.54) is 38.1 Å². The Labute approximate surface area is 486 Å². The number of hydrogen-bond donors (Lipinski definition) is 0. The molecule has 8 aromatic rings. The van der Waals surface area contributed by atoms with E-state index >= 15 is 96.6 Å². The van der Waals surface area contributed by atoms with Gasteiger partial charge in [-0.15, -0.1) is 0 Å². The summed E-state index contributed by atoms with van der Waals surface area (Å²) in [6, 6.07) is 10.4. The summed E-state index contributed by atoms with van der Waals surface area (Å²) >= 11 is 11.6. The Morgan fingerprint density at radius 1 is 0.322 bits per heavy atom. The van der Waals surface area contributed by atoms with Crippen molar-refractivity contribution in [3.05, 3.63) is 222 Å². The van der Waals surface area contributed by atoms with E-state index in [-0.39, 0.29) is 52.2 Å². The summed E-state index contributed by atoms with van der Waals surface area (Å²) < 4.78 is 363. The maximum atomic E-state index is 16.0. The first-order valence-corrected chi connectivity index (χ1v) is 25.3. The summed E-state index contributed by atoms with van der Waals surface area (Å²) in [6.07, 6.45) is -13.7. The molecule has 0 N–H and O–H groups in total. The summed E-state index contributed by atoms with van der Waals surface area (Å²) in [5.74, 6) is -48.1. The lowest BCUT2D eigenvalue weighted by atomic mass is 9.73. The number of halogens is 24. The van der Waals surface area contributed by atoms with Crippen LogP contribution in [0.5, 0.6) is 34.5 Å². The SMILES string of the molecule is CCC(CC)(Oc1ccc(Cl)cc1)c1c(F)c(F)c(-c2c(F)c(F)c(Oc3ccc(C(c4ccc(OC(C)(C)c5c(F)c(F)c(-c6c(F)c(F)c(Oc7ccc(Cl)cc7)c(F)c6F)c(F)c5F)cc4)(C(F)(F)F)C(F)(F)F)cc3)c(F)c2F)c(F)c1F. The molecule has 0 heterocycles. The lowest BCUT2D eigenvalue weighted by molar-refractivity contribution is -0.288. The van der Waals surface area contributed by atoms with Crippen molar-refractivity contribution < 1.29 is 116 Å². The maximum absolute atomic E-state index is 16.0. The smallest absolute Gasteiger partial charge is 0.411 e. The first kappa shape index (κ1) is 65.0. The first-order chi connectivity index (χ1) is 40.5. The van der Waals surface area contributed by atoms with Crippen LogP contribution in [-0.4, -0.2) is 12.4 Å². The molecule has 0 spiro atoms. The van der Waals surface area contributed by atoms with Crippen LogP contribution < -0.4 is 18.9 Å². The first-order valence-electron chi connectivity index (χ1n) is 24.6. The molecule has 0 saturated carbocycles. The second kappa shape index (κ2) is 23.6. The molecular weight excluding hydrogens is 1260 g/mol. The zero-order valence-electron chi connectivity index (χ0n) is 43.9. The van der Waals surface area contributed by atoms with Gasteiger partial charge >= 0.3 is 12.4 Å². The highest BCUT2D eigenvalue weighted by Crippen LogP contribution is 2.57. The Hall–Kier alpha value is -8.00. The van der Waals surface area contributed by atoms with E-state index in [1.54, 1.807) is 0 Å². The van der Waals surface area contributed by atoms with Crippen LogP contribution in [0.2, 0.25) is 10.0 Å². The fourth-order valence-electron chi connectivity index (χ4n) is 9.61. The molecule has 0 aliphatic rings. The Bertz CT molecular complexity index is 3850. The van der Waals surface area contributed by atoms with E-state index in [1.807, 2.05) is 0 Å². The van der Waals surface area contributed by atoms with Crippen LogP contribution in [-0.2, 0) is 16.6 Å². The molecule has 0 aromatic heterocycles. The highest BCUT2D eigenvalue weighted by atomic mass is 35.5. The lowest BCUT2D eigenvalue weighted by Crippen LogP contribution is -2.54. The second-order valence-electron chi connectivity index (χ2n) is 19.3. The van der Waals surface area contributed by atoms with Crippen LogP contribution in [0.4, 0.5) is 96.6 Å². The number of hydrogen-bond acceptors (Lipinski definition) is 4. The topological polar surface area (TPSA) is 36.9 Å². The minimum Gasteiger partial charge on any atom is -0.483 e. The standard InChI is InChI=1S/C59H32Cl2F22O4/c1-5-56(6-2,87-30-21-13-26(61)14-22-30)36-47(72)39(64)32(40(65)48(36)73)34-43(68)49(74)53(50(75)44(34)69)84-27-15-7-23(8-16-27)57(58(78,79)80,59(81,82)83)24-9-17-29(18-10-24)86-55(3,4)35-45(70)37(62)31(38(63)46(35)71)33-41(66)51(76)54(52(77)42(33)67)85-28-19-11-25(60)12-20-28/h7-22H,5-6H2,1-4H3. The Morgan fingerprint density at radius 3 is 0.874 bits per heavy atom. The average molecular weight is 1290 g/mol. The van der Waals surface area contributed by atoms with Gasteiger partial charge in [0, 0.05) is 10.0 Å². The summed E-state index contributed by atoms with van der Waals surface area (Å²) in [6.45, 7) is 3.82. The molecular formula is C59H32Cl2F22O4. The Morgan fingerprint density at radius 2 is 0.575 bits per heavy atom. The van der Waals surface area contributed by atoms with Gasteiger partial charge in [-0.25, -0.2) is 52.7 Å². The number of ether oxygens (including phenoxy) is 4. The second-order valence-corrected chi connectivity index (χ2v) is 20.1. The van der Waals surface area contributed by atoms with E-state index in [9.17, 15) is 0 Å². The zero-order valence-corrected chi connectivity index (χ0v) is 45.4. The normalized spacial score (nSPS) is 12.5. The summed E-state index contributed by atoms with van der Waals surface area (Å²) in [5.41, 5.74) is -26.3. The van der Waals surface area contributed by atoms with Crippen LogP contribution in [0.1, 0.15) is 62.8 Å². The molecule has 0 aliphatic heterocycles. The third-order valence-corrected chi connectivity index (χ3v) is 14.4. The molecule has 0 radical (unpaired) electrons. The van der Waals surface area contributed by atoms with E-state index < -0.39 is 208 Å². The van der Waals surface area contributed by atoms with Crippen molar-refractivity contribution in [3.63, 3.8) is 0 Å². The molecule has 28 heteroatoms. The number of rotatable bonds is 16. The number of benzene rings is 8. The summed E-state index contributed by atoms with van der Waals surface area (Å²) in [7, 11) is 0. The van der Waals surface area contributed by atoms with Crippen LogP contribution in [0.25, 0.3) is 22.3 Å². The molecule has 0 unspecified atom stereocenters. The third kappa shape index (κ3) is 11.0. The van der Waals surface area contributed by atoms with Crippen molar-refractivity contribution in [1.29, 1.82) is 0 Å². The zero-order chi connectivity index (χ0) is 64.5. The highest BCUT2D eigenvalue weighted by molar-refractivity contribution is 6.30. The van der Waals surface area contributed by atoms with Gasteiger partial charge in [-0.3, -0.25) is 0 Å². The molecule has 0 saturated heterocycles. The van der Waals surface area contributed by atoms with Crippen molar-refractivity contribution >= 4 is 23.2 Å². The molecule has 460 valence electrons. The molecule has 0 bridgehead atoms. The van der Waals surface area contributed by atoms with Crippen LogP contribution in [0.3, 0.4) is 0 Å². The van der Waals surface area contributed by atoms with Gasteiger partial charge in [0.2, 0.25) is 40.2 Å². The van der Waals surface area contributed by atoms with Crippen molar-refractivity contribution in [3.8, 4) is 56.8 Å². The minimum atomic E-state index is -6.44. The van der Waals surface area contributed by atoms with E-state index in [0.717, 1.165) is 24.3 Å². The fourth-order valence-corrected chi connectivity index (χ4v) is 9.86. The van der Waals surface area contributed by atoms with Crippen LogP contribution >= 0.6 is 23.2 Å². The van der Waals surface area contributed by atoms with Gasteiger partial charge in [0.25, 0.3) is 0 Å². The van der Waals surface area contributed by atoms with Gasteiger partial charge in [-0.05, 0) is 111 Å². The van der Waals surface area contributed by atoms with Gasteiger partial charge in [0.1, 0.15) is 34.2 Å². The highest BCUT2D eigenvalue weighted by Gasteiger charge is 2.72. The summed E-state index contributed by atoms with van der Waals surface area (Å²) in [4.78, 5) is 0. The quantitative estimate of drug-likeness (QED) is 0.0714. The van der Waals surface area contributed by atoms with E-state index in [2.05, 4.69) is 0 Å². The van der Waals surface area contributed by atoms with Gasteiger partial charge in [-0.1, -0.05) is 61.3 Å². The predicted octanol–water partition coefficient (Wildman–Crippen LogP) is 21.0. The molecule has 0 atom stereocenters. The largest absolute Gasteiger partial charge is 0.483 e. The predicted molar refractivity (Wildman–Crippen MR) is 268 cm³/mol. The Kier molecular flexibility index (Phi) is 17.6. The van der Waals surface area contributed by atoms with Gasteiger partial charge in [0.05, 0.1) is 33.4 Å². The van der Waals surface area contributed by atoms with E-state index in [4.69, 9.17) is 42.1 Å². The number of alkyl halides is 6. The van der Waals surface area contributed by atoms with Crippen LogP contribution in [0, 0.1) is 93.1 Å². The summed E-state index contributed by atoms with van der Waals surface area (Å²) in [5, 5.41) is 0.248. The van der Waals surface area contributed by atoms with E-state index in [0.29, 0.717) is 26.0 Å².